The van der Waals surface area contributed by atoms with Crippen LogP contribution in [0.3, 0.4) is 0 Å². The molecule has 45 heavy (non-hydrogen) atoms. The zero-order valence-corrected chi connectivity index (χ0v) is 24.9. The molecule has 7 heteroatoms. The van der Waals surface area contributed by atoms with Crippen LogP contribution in [0.15, 0.2) is 132 Å². The van der Waals surface area contributed by atoms with Crippen molar-refractivity contribution < 1.29 is 27.6 Å². The maximum Gasteiger partial charge on any atom is 0.298 e. The van der Waals surface area contributed by atoms with E-state index >= 15 is 0 Å². The first-order valence-corrected chi connectivity index (χ1v) is 15.6. The highest BCUT2D eigenvalue weighted by Crippen LogP contribution is 2.44. The minimum atomic E-state index is -4.71. The summed E-state index contributed by atoms with van der Waals surface area (Å²) >= 11 is 0. The quantitative estimate of drug-likeness (QED) is 0.111. The summed E-state index contributed by atoms with van der Waals surface area (Å²) < 4.78 is 38.4. The van der Waals surface area contributed by atoms with E-state index in [1.807, 2.05) is 48.5 Å². The fourth-order valence-electron chi connectivity index (χ4n) is 6.13. The molecule has 0 saturated heterocycles. The molecule has 0 radical (unpaired) electrons. The van der Waals surface area contributed by atoms with Gasteiger partial charge in [0.15, 0.2) is 5.78 Å². The van der Waals surface area contributed by atoms with E-state index in [0.717, 1.165) is 55.9 Å². The van der Waals surface area contributed by atoms with Gasteiger partial charge in [0.05, 0.1) is 12.7 Å². The predicted octanol–water partition coefficient (Wildman–Crippen LogP) is 8.67. The fraction of sp³-hybridized carbons (Fsp3) is 0.0263. The molecule has 7 aromatic carbocycles. The fourth-order valence-corrected chi connectivity index (χ4v) is 6.79. The molecule has 0 fully saturated rings. The van der Waals surface area contributed by atoms with Crippen molar-refractivity contribution in [3.8, 4) is 33.8 Å². The highest BCUT2D eigenvalue weighted by molar-refractivity contribution is 7.86. The highest BCUT2D eigenvalue weighted by atomic mass is 32.2. The van der Waals surface area contributed by atoms with Crippen LogP contribution in [0.5, 0.6) is 11.5 Å². The van der Waals surface area contributed by atoms with E-state index in [2.05, 4.69) is 54.6 Å². The van der Waals surface area contributed by atoms with Crippen LogP contribution in [0.4, 0.5) is 0 Å². The number of benzene rings is 7. The Morgan fingerprint density at radius 1 is 0.622 bits per heavy atom. The number of methoxy groups -OCH3 is 1. The predicted molar refractivity (Wildman–Crippen MR) is 178 cm³/mol. The van der Waals surface area contributed by atoms with E-state index in [1.54, 1.807) is 12.1 Å². The molecule has 0 atom stereocenters. The number of ether oxygens (including phenoxy) is 1. The molecule has 0 amide bonds. The molecule has 0 aliphatic heterocycles. The van der Waals surface area contributed by atoms with E-state index in [0.29, 0.717) is 0 Å². The molecule has 2 N–H and O–H groups in total. The van der Waals surface area contributed by atoms with Gasteiger partial charge in [-0.3, -0.25) is 9.35 Å². The maximum absolute atomic E-state index is 13.4. The van der Waals surface area contributed by atoms with Crippen molar-refractivity contribution in [2.45, 2.75) is 4.90 Å². The van der Waals surface area contributed by atoms with Crippen molar-refractivity contribution in [3.63, 3.8) is 0 Å². The van der Waals surface area contributed by atoms with Gasteiger partial charge in [-0.1, -0.05) is 109 Å². The highest BCUT2D eigenvalue weighted by Gasteiger charge is 2.24. The maximum atomic E-state index is 13.4. The number of fused-ring (bicyclic) bond motifs is 3. The Hall–Kier alpha value is -5.50. The lowest BCUT2D eigenvalue weighted by Gasteiger charge is -2.18. The SMILES string of the molecule is COc1cc(O)c(C(=O)c2ccc(-c3c4ccccc4c(-c4ccc5ccccc5c4)c4ccccc34)cc2)cc1S(=O)(=O)O. The first kappa shape index (κ1) is 28.3. The van der Waals surface area contributed by atoms with Gasteiger partial charge in [0.2, 0.25) is 0 Å². The monoisotopic (exact) mass is 610 g/mol. The van der Waals surface area contributed by atoms with Crippen LogP contribution >= 0.6 is 0 Å². The first-order valence-electron chi connectivity index (χ1n) is 14.2. The number of hydrogen-bond donors (Lipinski definition) is 2. The Labute approximate surface area is 259 Å². The number of phenolic OH excluding ortho intramolecular Hbond substituents is 1. The van der Waals surface area contributed by atoms with E-state index in [4.69, 9.17) is 4.74 Å². The molecular weight excluding hydrogens is 584 g/mol. The third-order valence-electron chi connectivity index (χ3n) is 8.21. The number of aromatic hydroxyl groups is 1. The second-order valence-corrected chi connectivity index (χ2v) is 12.2. The van der Waals surface area contributed by atoms with Crippen LogP contribution in [0, 0.1) is 0 Å². The van der Waals surface area contributed by atoms with E-state index in [9.17, 15) is 22.9 Å². The van der Waals surface area contributed by atoms with Gasteiger partial charge in [-0.05, 0) is 66.7 Å². The molecule has 0 bridgehead atoms. The number of carbonyl (C=O) groups is 1. The molecule has 0 aliphatic rings. The topological polar surface area (TPSA) is 101 Å². The number of carbonyl (C=O) groups excluding carboxylic acids is 1. The summed E-state index contributed by atoms with van der Waals surface area (Å²) in [5.74, 6) is -1.34. The summed E-state index contributed by atoms with van der Waals surface area (Å²) in [4.78, 5) is 12.8. The van der Waals surface area contributed by atoms with Gasteiger partial charge in [0.1, 0.15) is 16.4 Å². The van der Waals surface area contributed by atoms with Crippen LogP contribution in [-0.2, 0) is 10.1 Å². The Bertz CT molecular complexity index is 2350. The third-order valence-corrected chi connectivity index (χ3v) is 9.08. The lowest BCUT2D eigenvalue weighted by molar-refractivity contribution is 0.103. The van der Waals surface area contributed by atoms with Crippen molar-refractivity contribution in [1.29, 1.82) is 0 Å². The van der Waals surface area contributed by atoms with Gasteiger partial charge in [-0.2, -0.15) is 8.42 Å². The number of rotatable bonds is 6. The molecule has 0 spiro atoms. The van der Waals surface area contributed by atoms with Crippen LogP contribution < -0.4 is 4.74 Å². The van der Waals surface area contributed by atoms with Crippen LogP contribution in [-0.4, -0.2) is 31.0 Å². The van der Waals surface area contributed by atoms with E-state index in [-0.39, 0.29) is 16.9 Å². The summed E-state index contributed by atoms with van der Waals surface area (Å²) in [6.45, 7) is 0. The second kappa shape index (κ2) is 10.9. The molecule has 220 valence electrons. The molecule has 0 aromatic heterocycles. The molecular formula is C38H26O6S. The minimum absolute atomic E-state index is 0.238. The summed E-state index contributed by atoms with van der Waals surface area (Å²) in [5, 5.41) is 17.2. The Morgan fingerprint density at radius 2 is 1.13 bits per heavy atom. The molecule has 0 aliphatic carbocycles. The van der Waals surface area contributed by atoms with Crippen LogP contribution in [0.2, 0.25) is 0 Å². The molecule has 7 aromatic rings. The van der Waals surface area contributed by atoms with Gasteiger partial charge < -0.3 is 9.84 Å². The Balaban J connectivity index is 1.38. The van der Waals surface area contributed by atoms with Gasteiger partial charge in [-0.25, -0.2) is 0 Å². The van der Waals surface area contributed by atoms with Crippen molar-refractivity contribution in [3.05, 3.63) is 139 Å². The van der Waals surface area contributed by atoms with Gasteiger partial charge in [0, 0.05) is 11.6 Å². The van der Waals surface area contributed by atoms with Crippen LogP contribution in [0.1, 0.15) is 15.9 Å². The van der Waals surface area contributed by atoms with E-state index < -0.39 is 26.5 Å². The van der Waals surface area contributed by atoms with Crippen molar-refractivity contribution in [2.24, 2.45) is 0 Å². The molecule has 0 unspecified atom stereocenters. The van der Waals surface area contributed by atoms with Gasteiger partial charge in [0.25, 0.3) is 10.1 Å². The van der Waals surface area contributed by atoms with Gasteiger partial charge >= 0.3 is 0 Å². The average Bonchev–Trinajstić information content (AvgIpc) is 3.06. The summed E-state index contributed by atoms with van der Waals surface area (Å²) in [6, 6.07) is 40.3. The first-order chi connectivity index (χ1) is 21.7. The molecule has 6 nitrogen and oxygen atoms in total. The van der Waals surface area contributed by atoms with Crippen molar-refractivity contribution in [1.82, 2.24) is 0 Å². The van der Waals surface area contributed by atoms with Crippen molar-refractivity contribution >= 4 is 48.2 Å². The number of phenols is 1. The minimum Gasteiger partial charge on any atom is -0.507 e. The zero-order chi connectivity index (χ0) is 31.3. The van der Waals surface area contributed by atoms with E-state index in [1.165, 1.54) is 17.9 Å². The second-order valence-electron chi connectivity index (χ2n) is 10.8. The third kappa shape index (κ3) is 4.88. The lowest BCUT2D eigenvalue weighted by Crippen LogP contribution is -2.07. The van der Waals surface area contributed by atoms with Crippen LogP contribution in [0.25, 0.3) is 54.6 Å². The smallest absolute Gasteiger partial charge is 0.298 e. The number of hydrogen-bond acceptors (Lipinski definition) is 5. The largest absolute Gasteiger partial charge is 0.507 e. The van der Waals surface area contributed by atoms with Gasteiger partial charge in [-0.15, -0.1) is 0 Å². The number of ketones is 1. The summed E-state index contributed by atoms with van der Waals surface area (Å²) in [6.07, 6.45) is 0. The zero-order valence-electron chi connectivity index (χ0n) is 24.1. The molecule has 0 saturated carbocycles. The Kier molecular flexibility index (Phi) is 6.85. The average molecular weight is 611 g/mol. The Morgan fingerprint density at radius 3 is 1.69 bits per heavy atom. The normalized spacial score (nSPS) is 11.7. The summed E-state index contributed by atoms with van der Waals surface area (Å²) in [5.41, 5.74) is 4.14. The standard InChI is InChI=1S/C38H26O6S/c1-44-34-22-33(39)32(21-35(34)45(41,42)43)38(40)25-17-15-24(16-18-25)36-28-10-4-6-12-30(28)37(31-13-7-5-11-29(31)36)27-19-14-23-8-2-3-9-26(23)20-27/h2-22,39H,1H3,(H,41,42,43). The lowest BCUT2D eigenvalue weighted by atomic mass is 9.85. The summed E-state index contributed by atoms with van der Waals surface area (Å²) in [7, 11) is -3.51. The molecule has 7 rings (SSSR count). The van der Waals surface area contributed by atoms with Crippen molar-refractivity contribution in [2.75, 3.05) is 7.11 Å². The molecule has 0 heterocycles.